The van der Waals surface area contributed by atoms with Crippen molar-refractivity contribution in [3.05, 3.63) is 59.5 Å². The predicted octanol–water partition coefficient (Wildman–Crippen LogP) is 3.28. The van der Waals surface area contributed by atoms with Gasteiger partial charge in [-0.2, -0.15) is 0 Å². The molecule has 7 heteroatoms. The second kappa shape index (κ2) is 11.0. The van der Waals surface area contributed by atoms with E-state index >= 15 is 0 Å². The van der Waals surface area contributed by atoms with E-state index in [-0.39, 0.29) is 29.9 Å². The molecular formula is C20H27IN4O2. The van der Waals surface area contributed by atoms with Gasteiger partial charge >= 0.3 is 0 Å². The fourth-order valence-electron chi connectivity index (χ4n) is 2.94. The summed E-state index contributed by atoms with van der Waals surface area (Å²) in [5.74, 6) is 1.89. The molecule has 0 aliphatic carbocycles. The molecule has 0 atom stereocenters. The summed E-state index contributed by atoms with van der Waals surface area (Å²) in [7, 11) is 0. The number of nitrogens with one attached hydrogen (secondary N) is 2. The van der Waals surface area contributed by atoms with Crippen LogP contribution in [0, 0.1) is 0 Å². The number of hydrogen-bond donors (Lipinski definition) is 2. The van der Waals surface area contributed by atoms with E-state index in [0.717, 1.165) is 42.4 Å². The lowest BCUT2D eigenvalue weighted by atomic mass is 10.1. The molecule has 1 saturated heterocycles. The Morgan fingerprint density at radius 1 is 1.19 bits per heavy atom. The summed E-state index contributed by atoms with van der Waals surface area (Å²) in [6, 6.07) is 12.1. The van der Waals surface area contributed by atoms with Crippen LogP contribution in [0.2, 0.25) is 0 Å². The number of halogens is 1. The van der Waals surface area contributed by atoms with Gasteiger partial charge in [0.2, 0.25) is 5.91 Å². The number of aliphatic imine (C=N–C) groups is 1. The third-order valence-electron chi connectivity index (χ3n) is 4.34. The molecule has 1 aliphatic heterocycles. The molecule has 2 aromatic rings. The van der Waals surface area contributed by atoms with Crippen molar-refractivity contribution in [1.29, 1.82) is 0 Å². The SMILES string of the molecule is CCNC(=NCc1ccc(CN2CCCC2=O)cc1)NCc1ccco1.I. The maximum atomic E-state index is 11.7. The fraction of sp³-hybridized carbons (Fsp3) is 0.400. The van der Waals surface area contributed by atoms with Gasteiger partial charge < -0.3 is 20.0 Å². The predicted molar refractivity (Wildman–Crippen MR) is 117 cm³/mol. The summed E-state index contributed by atoms with van der Waals surface area (Å²) in [6.07, 6.45) is 3.33. The monoisotopic (exact) mass is 482 g/mol. The molecule has 1 amide bonds. The average Bonchev–Trinajstić information content (AvgIpc) is 3.31. The average molecular weight is 482 g/mol. The molecule has 0 bridgehead atoms. The van der Waals surface area contributed by atoms with Gasteiger partial charge in [0.25, 0.3) is 0 Å². The molecule has 6 nitrogen and oxygen atoms in total. The van der Waals surface area contributed by atoms with Gasteiger partial charge in [0.1, 0.15) is 5.76 Å². The summed E-state index contributed by atoms with van der Waals surface area (Å²) >= 11 is 0. The van der Waals surface area contributed by atoms with Crippen LogP contribution < -0.4 is 10.6 Å². The van der Waals surface area contributed by atoms with Gasteiger partial charge in [-0.1, -0.05) is 24.3 Å². The van der Waals surface area contributed by atoms with Crippen LogP contribution in [-0.2, 0) is 24.4 Å². The topological polar surface area (TPSA) is 69.9 Å². The largest absolute Gasteiger partial charge is 0.467 e. The lowest BCUT2D eigenvalue weighted by Crippen LogP contribution is -2.36. The molecule has 2 N–H and O–H groups in total. The quantitative estimate of drug-likeness (QED) is 0.361. The number of likely N-dealkylation sites (tertiary alicyclic amines) is 1. The molecular weight excluding hydrogens is 455 g/mol. The highest BCUT2D eigenvalue weighted by Gasteiger charge is 2.19. The summed E-state index contributed by atoms with van der Waals surface area (Å²) in [4.78, 5) is 18.3. The Morgan fingerprint density at radius 3 is 2.59 bits per heavy atom. The van der Waals surface area contributed by atoms with Gasteiger partial charge in [0.15, 0.2) is 5.96 Å². The van der Waals surface area contributed by atoms with E-state index in [1.54, 1.807) is 6.26 Å². The minimum Gasteiger partial charge on any atom is -0.467 e. The third kappa shape index (κ3) is 6.57. The first kappa shape index (κ1) is 21.3. The van der Waals surface area contributed by atoms with Gasteiger partial charge in [0, 0.05) is 26.1 Å². The minimum absolute atomic E-state index is 0. The van der Waals surface area contributed by atoms with Crippen molar-refractivity contribution in [3.63, 3.8) is 0 Å². The number of carbonyl (C=O) groups is 1. The number of rotatable bonds is 7. The molecule has 0 radical (unpaired) electrons. The molecule has 2 heterocycles. The summed E-state index contributed by atoms with van der Waals surface area (Å²) in [5, 5.41) is 6.49. The van der Waals surface area contributed by atoms with Crippen molar-refractivity contribution >= 4 is 35.8 Å². The van der Waals surface area contributed by atoms with Crippen molar-refractivity contribution in [3.8, 4) is 0 Å². The maximum absolute atomic E-state index is 11.7. The number of benzene rings is 1. The standard InChI is InChI=1S/C20H26N4O2.HI/c1-2-21-20(23-14-18-5-4-12-26-18)22-13-16-7-9-17(10-8-16)15-24-11-3-6-19(24)25;/h4-5,7-10,12H,2-3,6,11,13-15H2,1H3,(H2,21,22,23);1H. The van der Waals surface area contributed by atoms with Crippen LogP contribution in [0.4, 0.5) is 0 Å². The zero-order valence-electron chi connectivity index (χ0n) is 15.6. The van der Waals surface area contributed by atoms with E-state index in [2.05, 4.69) is 39.9 Å². The molecule has 146 valence electrons. The Bertz CT molecular complexity index is 729. The van der Waals surface area contributed by atoms with E-state index in [1.165, 1.54) is 0 Å². The van der Waals surface area contributed by atoms with Crippen LogP contribution in [0.3, 0.4) is 0 Å². The van der Waals surface area contributed by atoms with E-state index in [1.807, 2.05) is 24.0 Å². The molecule has 1 aromatic heterocycles. The zero-order valence-corrected chi connectivity index (χ0v) is 17.9. The van der Waals surface area contributed by atoms with E-state index < -0.39 is 0 Å². The van der Waals surface area contributed by atoms with Crippen LogP contribution >= 0.6 is 24.0 Å². The number of hydrogen-bond acceptors (Lipinski definition) is 3. The Kier molecular flexibility index (Phi) is 8.63. The Labute approximate surface area is 177 Å². The lowest BCUT2D eigenvalue weighted by molar-refractivity contribution is -0.128. The number of furan rings is 1. The van der Waals surface area contributed by atoms with Crippen LogP contribution in [0.5, 0.6) is 0 Å². The number of amides is 1. The Morgan fingerprint density at radius 2 is 1.96 bits per heavy atom. The molecule has 0 saturated carbocycles. The van der Waals surface area contributed by atoms with Crippen molar-refractivity contribution in [2.24, 2.45) is 4.99 Å². The highest BCUT2D eigenvalue weighted by atomic mass is 127. The smallest absolute Gasteiger partial charge is 0.222 e. The second-order valence-electron chi connectivity index (χ2n) is 6.36. The van der Waals surface area contributed by atoms with Crippen molar-refractivity contribution in [1.82, 2.24) is 15.5 Å². The molecule has 0 unspecified atom stereocenters. The number of guanidine groups is 1. The summed E-state index contributed by atoms with van der Waals surface area (Å²) in [6.45, 7) is 5.61. The third-order valence-corrected chi connectivity index (χ3v) is 4.34. The molecule has 0 spiro atoms. The summed E-state index contributed by atoms with van der Waals surface area (Å²) in [5.41, 5.74) is 2.30. The lowest BCUT2D eigenvalue weighted by Gasteiger charge is -2.15. The maximum Gasteiger partial charge on any atom is 0.222 e. The van der Waals surface area contributed by atoms with Gasteiger partial charge in [-0.3, -0.25) is 4.79 Å². The van der Waals surface area contributed by atoms with Crippen LogP contribution in [0.15, 0.2) is 52.1 Å². The summed E-state index contributed by atoms with van der Waals surface area (Å²) < 4.78 is 5.33. The van der Waals surface area contributed by atoms with Crippen LogP contribution in [0.25, 0.3) is 0 Å². The minimum atomic E-state index is 0. The Hall–Kier alpha value is -2.03. The molecule has 1 fully saturated rings. The van der Waals surface area contributed by atoms with E-state index in [9.17, 15) is 4.79 Å². The van der Waals surface area contributed by atoms with Gasteiger partial charge in [-0.15, -0.1) is 24.0 Å². The Balaban J connectivity index is 0.00000261. The zero-order chi connectivity index (χ0) is 18.2. The van der Waals surface area contributed by atoms with Crippen LogP contribution in [0.1, 0.15) is 36.7 Å². The van der Waals surface area contributed by atoms with E-state index in [0.29, 0.717) is 26.1 Å². The molecule has 27 heavy (non-hydrogen) atoms. The molecule has 1 aromatic carbocycles. The van der Waals surface area contributed by atoms with Crippen molar-refractivity contribution in [2.75, 3.05) is 13.1 Å². The molecule has 3 rings (SSSR count). The second-order valence-corrected chi connectivity index (χ2v) is 6.36. The van der Waals surface area contributed by atoms with E-state index in [4.69, 9.17) is 4.42 Å². The number of carbonyl (C=O) groups excluding carboxylic acids is 1. The molecule has 1 aliphatic rings. The van der Waals surface area contributed by atoms with Crippen molar-refractivity contribution in [2.45, 2.75) is 39.4 Å². The first-order chi connectivity index (χ1) is 12.7. The highest BCUT2D eigenvalue weighted by Crippen LogP contribution is 2.15. The first-order valence-corrected chi connectivity index (χ1v) is 9.14. The first-order valence-electron chi connectivity index (χ1n) is 9.14. The van der Waals surface area contributed by atoms with Gasteiger partial charge in [-0.25, -0.2) is 4.99 Å². The van der Waals surface area contributed by atoms with Crippen LogP contribution in [-0.4, -0.2) is 29.9 Å². The number of nitrogens with zero attached hydrogens (tertiary/aromatic N) is 2. The highest BCUT2D eigenvalue weighted by molar-refractivity contribution is 14.0. The van der Waals surface area contributed by atoms with Gasteiger partial charge in [0.05, 0.1) is 19.4 Å². The van der Waals surface area contributed by atoms with Crippen molar-refractivity contribution < 1.29 is 9.21 Å². The van der Waals surface area contributed by atoms with Gasteiger partial charge in [-0.05, 0) is 36.6 Å². The normalized spacial score (nSPS) is 14.2. The fourth-order valence-corrected chi connectivity index (χ4v) is 2.94.